The molecule has 18 heavy (non-hydrogen) atoms. The predicted molar refractivity (Wildman–Crippen MR) is 73.8 cm³/mol. The number of rotatable bonds is 8. The van der Waals surface area contributed by atoms with Crippen LogP contribution >= 0.6 is 7.60 Å². The first-order valence-corrected chi connectivity index (χ1v) is 7.88. The molecule has 1 aromatic rings. The lowest BCUT2D eigenvalue weighted by Crippen LogP contribution is -2.04. The van der Waals surface area contributed by atoms with Crippen molar-refractivity contribution in [1.82, 2.24) is 0 Å². The van der Waals surface area contributed by atoms with Gasteiger partial charge < -0.3 is 20.8 Å². The first-order chi connectivity index (χ1) is 8.51. The van der Waals surface area contributed by atoms with Crippen LogP contribution in [0, 0.1) is 0 Å². The average Bonchev–Trinajstić information content (AvgIpc) is 2.30. The van der Waals surface area contributed by atoms with Gasteiger partial charge in [-0.05, 0) is 43.5 Å². The molecule has 5 N–H and O–H groups in total. The van der Waals surface area contributed by atoms with E-state index >= 15 is 0 Å². The van der Waals surface area contributed by atoms with E-state index < -0.39 is 7.60 Å². The van der Waals surface area contributed by atoms with E-state index in [1.54, 1.807) is 0 Å². The van der Waals surface area contributed by atoms with Crippen LogP contribution < -0.4 is 11.1 Å². The van der Waals surface area contributed by atoms with Gasteiger partial charge in [-0.3, -0.25) is 4.57 Å². The van der Waals surface area contributed by atoms with Gasteiger partial charge in [0.25, 0.3) is 0 Å². The standard InChI is InChI=1S/C12H21N2O3P/c13-8-7-11-3-5-12(6-4-11)14-9-1-2-10-18(15,16)17/h3-6,14H,1-2,7-10,13H2,(H2,15,16,17). The van der Waals surface area contributed by atoms with E-state index in [-0.39, 0.29) is 6.16 Å². The summed E-state index contributed by atoms with van der Waals surface area (Å²) < 4.78 is 10.6. The quantitative estimate of drug-likeness (QED) is 0.425. The highest BCUT2D eigenvalue weighted by atomic mass is 31.2. The van der Waals surface area contributed by atoms with Gasteiger partial charge in [0.2, 0.25) is 0 Å². The summed E-state index contributed by atoms with van der Waals surface area (Å²) in [6.07, 6.45) is 2.12. The van der Waals surface area contributed by atoms with Crippen molar-refractivity contribution >= 4 is 13.3 Å². The summed E-state index contributed by atoms with van der Waals surface area (Å²) in [6, 6.07) is 8.05. The molecule has 1 aromatic carbocycles. The largest absolute Gasteiger partial charge is 0.385 e. The Kier molecular flexibility index (Phi) is 6.36. The average molecular weight is 272 g/mol. The van der Waals surface area contributed by atoms with Crippen molar-refractivity contribution in [3.8, 4) is 0 Å². The minimum atomic E-state index is -3.83. The molecule has 0 radical (unpaired) electrons. The van der Waals surface area contributed by atoms with Crippen molar-refractivity contribution in [3.05, 3.63) is 29.8 Å². The zero-order chi connectivity index (χ0) is 13.4. The third-order valence-electron chi connectivity index (χ3n) is 2.59. The van der Waals surface area contributed by atoms with Crippen LogP contribution in [-0.4, -0.2) is 29.0 Å². The molecule has 1 rings (SSSR count). The van der Waals surface area contributed by atoms with Gasteiger partial charge in [0.15, 0.2) is 0 Å². The highest BCUT2D eigenvalue weighted by molar-refractivity contribution is 7.51. The summed E-state index contributed by atoms with van der Waals surface area (Å²) in [4.78, 5) is 17.4. The van der Waals surface area contributed by atoms with Gasteiger partial charge in [-0.1, -0.05) is 12.1 Å². The third kappa shape index (κ3) is 6.77. The molecular formula is C12H21N2O3P. The van der Waals surface area contributed by atoms with E-state index in [0.29, 0.717) is 13.0 Å². The summed E-state index contributed by atoms with van der Waals surface area (Å²) in [5.74, 6) is 0. The lowest BCUT2D eigenvalue weighted by atomic mass is 10.1. The SMILES string of the molecule is NCCc1ccc(NCCCCP(=O)(O)O)cc1. The first-order valence-electron chi connectivity index (χ1n) is 6.09. The van der Waals surface area contributed by atoms with Gasteiger partial charge in [0.05, 0.1) is 0 Å². The maximum Gasteiger partial charge on any atom is 0.325 e. The van der Waals surface area contributed by atoms with Gasteiger partial charge in [0, 0.05) is 18.4 Å². The molecular weight excluding hydrogens is 251 g/mol. The monoisotopic (exact) mass is 272 g/mol. The number of anilines is 1. The molecule has 0 aromatic heterocycles. The maximum absolute atomic E-state index is 10.6. The molecule has 0 aliphatic carbocycles. The van der Waals surface area contributed by atoms with Crippen molar-refractivity contribution in [1.29, 1.82) is 0 Å². The number of benzene rings is 1. The molecule has 0 saturated heterocycles. The Balaban J connectivity index is 2.21. The Labute approximate surface area is 108 Å². The lowest BCUT2D eigenvalue weighted by molar-refractivity contribution is 0.371. The Bertz CT molecular complexity index is 389. The van der Waals surface area contributed by atoms with Gasteiger partial charge in [0.1, 0.15) is 0 Å². The molecule has 0 heterocycles. The van der Waals surface area contributed by atoms with Crippen LogP contribution in [0.25, 0.3) is 0 Å². The zero-order valence-corrected chi connectivity index (χ0v) is 11.3. The molecule has 0 aliphatic rings. The second-order valence-electron chi connectivity index (χ2n) is 4.26. The van der Waals surface area contributed by atoms with Gasteiger partial charge in [-0.25, -0.2) is 0 Å². The molecule has 102 valence electrons. The Morgan fingerprint density at radius 2 is 1.83 bits per heavy atom. The minimum absolute atomic E-state index is 0.0376. The van der Waals surface area contributed by atoms with E-state index in [1.807, 2.05) is 24.3 Å². The van der Waals surface area contributed by atoms with Crippen LogP contribution in [0.1, 0.15) is 18.4 Å². The van der Waals surface area contributed by atoms with Crippen LogP contribution in [0.15, 0.2) is 24.3 Å². The molecule has 6 heteroatoms. The van der Waals surface area contributed by atoms with Crippen molar-refractivity contribution in [2.75, 3.05) is 24.6 Å². The fourth-order valence-corrected chi connectivity index (χ4v) is 2.27. The first kappa shape index (κ1) is 15.2. The minimum Gasteiger partial charge on any atom is -0.385 e. The van der Waals surface area contributed by atoms with Gasteiger partial charge in [-0.15, -0.1) is 0 Å². The number of hydrogen-bond donors (Lipinski definition) is 4. The van der Waals surface area contributed by atoms with Crippen LogP contribution in [0.2, 0.25) is 0 Å². The summed E-state index contributed by atoms with van der Waals surface area (Å²) in [7, 11) is -3.83. The molecule has 0 spiro atoms. The Morgan fingerprint density at radius 1 is 1.17 bits per heavy atom. The third-order valence-corrected chi connectivity index (χ3v) is 3.49. The highest BCUT2D eigenvalue weighted by Gasteiger charge is 2.10. The van der Waals surface area contributed by atoms with Crippen LogP contribution in [0.5, 0.6) is 0 Å². The molecule has 0 amide bonds. The van der Waals surface area contributed by atoms with Crippen molar-refractivity contribution in [3.63, 3.8) is 0 Å². The van der Waals surface area contributed by atoms with Crippen molar-refractivity contribution in [2.45, 2.75) is 19.3 Å². The van der Waals surface area contributed by atoms with E-state index in [2.05, 4.69) is 5.32 Å². The van der Waals surface area contributed by atoms with Crippen LogP contribution in [0.4, 0.5) is 5.69 Å². The Hall–Kier alpha value is -0.870. The van der Waals surface area contributed by atoms with E-state index in [1.165, 1.54) is 5.56 Å². The van der Waals surface area contributed by atoms with Crippen molar-refractivity contribution in [2.24, 2.45) is 5.73 Å². The smallest absolute Gasteiger partial charge is 0.325 e. The Morgan fingerprint density at radius 3 is 2.39 bits per heavy atom. The molecule has 0 fully saturated rings. The fraction of sp³-hybridized carbons (Fsp3) is 0.500. The highest BCUT2D eigenvalue weighted by Crippen LogP contribution is 2.35. The summed E-state index contributed by atoms with van der Waals surface area (Å²) in [6.45, 7) is 1.37. The number of hydrogen-bond acceptors (Lipinski definition) is 3. The number of unbranched alkanes of at least 4 members (excludes halogenated alkanes) is 1. The number of nitrogens with one attached hydrogen (secondary N) is 1. The van der Waals surface area contributed by atoms with Gasteiger partial charge >= 0.3 is 7.60 Å². The summed E-state index contributed by atoms with van der Waals surface area (Å²) in [5.41, 5.74) is 7.70. The maximum atomic E-state index is 10.6. The predicted octanol–water partition coefficient (Wildman–Crippen LogP) is 1.56. The molecule has 5 nitrogen and oxygen atoms in total. The summed E-state index contributed by atoms with van der Waals surface area (Å²) in [5, 5.41) is 3.22. The zero-order valence-electron chi connectivity index (χ0n) is 10.4. The van der Waals surface area contributed by atoms with Crippen LogP contribution in [0.3, 0.4) is 0 Å². The molecule has 0 saturated carbocycles. The van der Waals surface area contributed by atoms with E-state index in [9.17, 15) is 4.57 Å². The molecule has 0 bridgehead atoms. The normalized spacial score (nSPS) is 11.5. The topological polar surface area (TPSA) is 95.6 Å². The van der Waals surface area contributed by atoms with E-state index in [0.717, 1.165) is 25.1 Å². The molecule has 0 aliphatic heterocycles. The molecule has 0 unspecified atom stereocenters. The van der Waals surface area contributed by atoms with Crippen molar-refractivity contribution < 1.29 is 14.4 Å². The number of nitrogens with two attached hydrogens (primary N) is 1. The second kappa shape index (κ2) is 7.54. The second-order valence-corrected chi connectivity index (χ2v) is 6.03. The molecule has 0 atom stereocenters. The van der Waals surface area contributed by atoms with Gasteiger partial charge in [-0.2, -0.15) is 0 Å². The fourth-order valence-electron chi connectivity index (χ4n) is 1.63. The van der Waals surface area contributed by atoms with E-state index in [4.69, 9.17) is 15.5 Å². The summed E-state index contributed by atoms with van der Waals surface area (Å²) >= 11 is 0. The lowest BCUT2D eigenvalue weighted by Gasteiger charge is -2.08. The van der Waals surface area contributed by atoms with Crippen LogP contribution in [-0.2, 0) is 11.0 Å².